The van der Waals surface area contributed by atoms with E-state index in [0.29, 0.717) is 45.1 Å². The van der Waals surface area contributed by atoms with Crippen LogP contribution in [-0.4, -0.2) is 61.0 Å². The van der Waals surface area contributed by atoms with Crippen molar-refractivity contribution in [1.82, 2.24) is 9.80 Å². The molecule has 1 aromatic carbocycles. The molecule has 2 heterocycles. The number of morpholine rings is 1. The fraction of sp³-hybridized carbons (Fsp3) is 0.636. The third-order valence-corrected chi connectivity index (χ3v) is 6.85. The second-order valence-corrected chi connectivity index (χ2v) is 8.52. The summed E-state index contributed by atoms with van der Waals surface area (Å²) in [7, 11) is 0. The van der Waals surface area contributed by atoms with Crippen LogP contribution in [-0.2, 0) is 20.7 Å². The van der Waals surface area contributed by atoms with Gasteiger partial charge in [0.25, 0.3) is 0 Å². The SMILES string of the molecule is O=C(CCC1CN(C(=O)Cc2ccc(F)cc2)CC12CCC2)N1CCOCC1. The third kappa shape index (κ3) is 4.07. The maximum atomic E-state index is 13.1. The second kappa shape index (κ2) is 8.19. The van der Waals surface area contributed by atoms with Gasteiger partial charge in [0, 0.05) is 32.6 Å². The van der Waals surface area contributed by atoms with Crippen LogP contribution in [0.25, 0.3) is 0 Å². The van der Waals surface area contributed by atoms with Gasteiger partial charge < -0.3 is 14.5 Å². The predicted molar refractivity (Wildman–Crippen MR) is 103 cm³/mol. The summed E-state index contributed by atoms with van der Waals surface area (Å²) in [6.07, 6.45) is 5.26. The molecule has 1 saturated carbocycles. The van der Waals surface area contributed by atoms with E-state index in [4.69, 9.17) is 4.74 Å². The van der Waals surface area contributed by atoms with E-state index in [1.54, 1.807) is 12.1 Å². The Morgan fingerprint density at radius 3 is 2.43 bits per heavy atom. The zero-order valence-corrected chi connectivity index (χ0v) is 16.4. The third-order valence-electron chi connectivity index (χ3n) is 6.85. The van der Waals surface area contributed by atoms with E-state index in [0.717, 1.165) is 37.9 Å². The zero-order chi connectivity index (χ0) is 19.6. The minimum Gasteiger partial charge on any atom is -0.378 e. The van der Waals surface area contributed by atoms with Gasteiger partial charge in [-0.25, -0.2) is 4.39 Å². The van der Waals surface area contributed by atoms with E-state index in [-0.39, 0.29) is 23.0 Å². The largest absolute Gasteiger partial charge is 0.378 e. The predicted octanol–water partition coefficient (Wildman–Crippen LogP) is 2.64. The summed E-state index contributed by atoms with van der Waals surface area (Å²) >= 11 is 0. The first-order valence-electron chi connectivity index (χ1n) is 10.4. The Balaban J connectivity index is 1.33. The molecule has 0 radical (unpaired) electrons. The second-order valence-electron chi connectivity index (χ2n) is 8.52. The molecule has 6 heteroatoms. The summed E-state index contributed by atoms with van der Waals surface area (Å²) < 4.78 is 18.4. The average Bonchev–Trinajstić information content (AvgIpc) is 3.09. The van der Waals surface area contributed by atoms with Crippen molar-refractivity contribution >= 4 is 11.8 Å². The lowest BCUT2D eigenvalue weighted by molar-refractivity contribution is -0.135. The smallest absolute Gasteiger partial charge is 0.227 e. The Hall–Kier alpha value is -1.95. The first-order valence-corrected chi connectivity index (χ1v) is 10.4. The lowest BCUT2D eigenvalue weighted by Crippen LogP contribution is -2.42. The molecule has 0 bridgehead atoms. The van der Waals surface area contributed by atoms with E-state index < -0.39 is 0 Å². The molecule has 1 aliphatic carbocycles. The van der Waals surface area contributed by atoms with E-state index in [2.05, 4.69) is 0 Å². The normalized spacial score (nSPS) is 23.7. The molecule has 3 fully saturated rings. The van der Waals surface area contributed by atoms with Crippen molar-refractivity contribution in [3.8, 4) is 0 Å². The minimum atomic E-state index is -0.282. The number of ether oxygens (including phenoxy) is 1. The molecule has 0 N–H and O–H groups in total. The highest BCUT2D eigenvalue weighted by Crippen LogP contribution is 2.53. The van der Waals surface area contributed by atoms with Gasteiger partial charge in [-0.2, -0.15) is 0 Å². The first-order chi connectivity index (χ1) is 13.6. The highest BCUT2D eigenvalue weighted by atomic mass is 19.1. The van der Waals surface area contributed by atoms with Gasteiger partial charge in [0.05, 0.1) is 19.6 Å². The summed E-state index contributed by atoms with van der Waals surface area (Å²) in [5.74, 6) is 0.452. The Morgan fingerprint density at radius 1 is 1.07 bits per heavy atom. The van der Waals surface area contributed by atoms with Crippen molar-refractivity contribution in [3.05, 3.63) is 35.6 Å². The highest BCUT2D eigenvalue weighted by molar-refractivity contribution is 5.79. The summed E-state index contributed by atoms with van der Waals surface area (Å²) in [5, 5.41) is 0. The summed E-state index contributed by atoms with van der Waals surface area (Å²) in [6.45, 7) is 4.20. The highest BCUT2D eigenvalue weighted by Gasteiger charge is 2.50. The van der Waals surface area contributed by atoms with Crippen molar-refractivity contribution in [1.29, 1.82) is 0 Å². The molecule has 1 atom stereocenters. The fourth-order valence-electron chi connectivity index (χ4n) is 4.98. The number of benzene rings is 1. The van der Waals surface area contributed by atoms with Crippen molar-refractivity contribution in [2.75, 3.05) is 39.4 Å². The van der Waals surface area contributed by atoms with Gasteiger partial charge in [0.1, 0.15) is 5.82 Å². The average molecular weight is 388 g/mol. The van der Waals surface area contributed by atoms with Crippen molar-refractivity contribution in [2.24, 2.45) is 11.3 Å². The lowest BCUT2D eigenvalue weighted by atomic mass is 9.62. The van der Waals surface area contributed by atoms with Crippen LogP contribution in [0.2, 0.25) is 0 Å². The number of halogens is 1. The number of carbonyl (C=O) groups is 2. The molecule has 28 heavy (non-hydrogen) atoms. The quantitative estimate of drug-likeness (QED) is 0.779. The van der Waals surface area contributed by atoms with E-state index in [9.17, 15) is 14.0 Å². The van der Waals surface area contributed by atoms with Crippen LogP contribution >= 0.6 is 0 Å². The molecule has 1 spiro atoms. The number of carbonyl (C=O) groups excluding carboxylic acids is 2. The fourth-order valence-corrected chi connectivity index (χ4v) is 4.98. The van der Waals surface area contributed by atoms with Gasteiger partial charge in [-0.15, -0.1) is 0 Å². The lowest BCUT2D eigenvalue weighted by Gasteiger charge is -2.43. The topological polar surface area (TPSA) is 49.9 Å². The number of amides is 2. The van der Waals surface area contributed by atoms with Crippen LogP contribution < -0.4 is 0 Å². The molecule has 2 aliphatic heterocycles. The van der Waals surface area contributed by atoms with Gasteiger partial charge in [-0.05, 0) is 48.3 Å². The van der Waals surface area contributed by atoms with E-state index >= 15 is 0 Å². The van der Waals surface area contributed by atoms with Gasteiger partial charge in [-0.1, -0.05) is 18.6 Å². The zero-order valence-electron chi connectivity index (χ0n) is 16.4. The molecule has 4 rings (SSSR count). The molecule has 152 valence electrons. The minimum absolute atomic E-state index is 0.111. The molecule has 3 aliphatic rings. The summed E-state index contributed by atoms with van der Waals surface area (Å²) in [6, 6.07) is 6.17. The van der Waals surface area contributed by atoms with Crippen LogP contribution in [0.1, 0.15) is 37.7 Å². The Bertz CT molecular complexity index is 711. The van der Waals surface area contributed by atoms with Gasteiger partial charge in [-0.3, -0.25) is 9.59 Å². The number of hydrogen-bond donors (Lipinski definition) is 0. The first kappa shape index (κ1) is 19.4. The molecule has 1 unspecified atom stereocenters. The van der Waals surface area contributed by atoms with Crippen LogP contribution in [0.5, 0.6) is 0 Å². The molecular weight excluding hydrogens is 359 g/mol. The Morgan fingerprint density at radius 2 is 1.79 bits per heavy atom. The standard InChI is InChI=1S/C22H29FN2O3/c23-19-5-2-17(3-6-19)14-21(27)25-15-18(22(16-25)8-1-9-22)4-7-20(26)24-10-12-28-13-11-24/h2-3,5-6,18H,1,4,7-16H2. The van der Waals surface area contributed by atoms with E-state index in [1.165, 1.54) is 18.6 Å². The molecule has 1 aromatic rings. The monoisotopic (exact) mass is 388 g/mol. The van der Waals surface area contributed by atoms with Gasteiger partial charge in [0.2, 0.25) is 11.8 Å². The van der Waals surface area contributed by atoms with Gasteiger partial charge in [0.15, 0.2) is 0 Å². The maximum Gasteiger partial charge on any atom is 0.227 e. The summed E-state index contributed by atoms with van der Waals surface area (Å²) in [4.78, 5) is 29.2. The Kier molecular flexibility index (Phi) is 5.67. The van der Waals surface area contributed by atoms with Crippen molar-refractivity contribution < 1.29 is 18.7 Å². The maximum absolute atomic E-state index is 13.1. The van der Waals surface area contributed by atoms with E-state index in [1.807, 2.05) is 9.80 Å². The van der Waals surface area contributed by atoms with Gasteiger partial charge >= 0.3 is 0 Å². The Labute approximate surface area is 165 Å². The molecular formula is C22H29FN2O3. The van der Waals surface area contributed by atoms with Crippen LogP contribution in [0.3, 0.4) is 0 Å². The van der Waals surface area contributed by atoms with Crippen molar-refractivity contribution in [3.63, 3.8) is 0 Å². The summed E-state index contributed by atoms with van der Waals surface area (Å²) in [5.41, 5.74) is 1.06. The van der Waals surface area contributed by atoms with Crippen LogP contribution in [0.4, 0.5) is 4.39 Å². The molecule has 5 nitrogen and oxygen atoms in total. The molecule has 2 amide bonds. The van der Waals surface area contributed by atoms with Crippen LogP contribution in [0.15, 0.2) is 24.3 Å². The number of likely N-dealkylation sites (tertiary alicyclic amines) is 1. The van der Waals surface area contributed by atoms with Crippen LogP contribution in [0, 0.1) is 17.2 Å². The van der Waals surface area contributed by atoms with Crippen molar-refractivity contribution in [2.45, 2.75) is 38.5 Å². The molecule has 2 saturated heterocycles. The number of hydrogen-bond acceptors (Lipinski definition) is 3. The number of rotatable bonds is 5. The number of nitrogens with zero attached hydrogens (tertiary/aromatic N) is 2. The molecule has 0 aromatic heterocycles.